The van der Waals surface area contributed by atoms with Gasteiger partial charge in [-0.05, 0) is 29.0 Å². The summed E-state index contributed by atoms with van der Waals surface area (Å²) in [7, 11) is 3.08. The lowest BCUT2D eigenvalue weighted by atomic mass is 10.1. The Morgan fingerprint density at radius 2 is 2.27 bits per heavy atom. The van der Waals surface area contributed by atoms with E-state index in [4.69, 9.17) is 4.74 Å². The number of likely N-dealkylation sites (N-methyl/N-ethyl adjacent to an activating group) is 1. The minimum atomic E-state index is -0.491. The largest absolute Gasteiger partial charge is 0.495 e. The summed E-state index contributed by atoms with van der Waals surface area (Å²) in [6.45, 7) is 0.158. The molecule has 82 valence electrons. The molecule has 5 heteroatoms. The van der Waals surface area contributed by atoms with E-state index in [1.54, 1.807) is 7.05 Å². The Kier molecular flexibility index (Phi) is 4.23. The van der Waals surface area contributed by atoms with Gasteiger partial charge in [-0.2, -0.15) is 0 Å². The summed E-state index contributed by atoms with van der Waals surface area (Å²) < 4.78 is 18.5. The van der Waals surface area contributed by atoms with Crippen LogP contribution < -0.4 is 10.1 Å². The molecule has 1 aromatic rings. The van der Waals surface area contributed by atoms with Gasteiger partial charge in [-0.15, -0.1) is 0 Å². The van der Waals surface area contributed by atoms with Gasteiger partial charge in [-0.1, -0.05) is 0 Å². The Hall–Kier alpha value is -0.940. The van der Waals surface area contributed by atoms with Crippen LogP contribution in [0.1, 0.15) is 10.4 Å². The van der Waals surface area contributed by atoms with Crippen LogP contribution in [0.4, 0.5) is 4.39 Å². The molecule has 1 aromatic carbocycles. The number of hydrogen-bond donors (Lipinski definition) is 1. The zero-order valence-electron chi connectivity index (χ0n) is 8.43. The van der Waals surface area contributed by atoms with E-state index < -0.39 is 5.82 Å². The number of ketones is 1. The standard InChI is InChI=1S/C10H11BrFNO2/c1-13-5-8(14)7-3-6(12)4-9(15-2)10(7)11/h3-4,13H,5H2,1-2H3. The number of Topliss-reactive ketones (excluding diaryl/α,β-unsaturated/α-hetero) is 1. The molecular weight excluding hydrogens is 265 g/mol. The van der Waals surface area contributed by atoms with Crippen molar-refractivity contribution in [2.45, 2.75) is 0 Å². The van der Waals surface area contributed by atoms with Crippen LogP contribution in [-0.2, 0) is 0 Å². The summed E-state index contributed by atoms with van der Waals surface area (Å²) in [6, 6.07) is 2.41. The van der Waals surface area contributed by atoms with Gasteiger partial charge >= 0.3 is 0 Å². The van der Waals surface area contributed by atoms with E-state index in [0.717, 1.165) is 0 Å². The zero-order chi connectivity index (χ0) is 11.4. The molecule has 0 fully saturated rings. The third-order valence-corrected chi connectivity index (χ3v) is 2.68. The fourth-order valence-corrected chi connectivity index (χ4v) is 1.78. The lowest BCUT2D eigenvalue weighted by Crippen LogP contribution is -2.19. The van der Waals surface area contributed by atoms with Crippen LogP contribution >= 0.6 is 15.9 Å². The molecule has 3 nitrogen and oxygen atoms in total. The third-order valence-electron chi connectivity index (χ3n) is 1.86. The highest BCUT2D eigenvalue weighted by Crippen LogP contribution is 2.29. The molecule has 0 radical (unpaired) electrons. The molecule has 0 aliphatic carbocycles. The second-order valence-corrected chi connectivity index (χ2v) is 3.72. The van der Waals surface area contributed by atoms with E-state index in [9.17, 15) is 9.18 Å². The van der Waals surface area contributed by atoms with E-state index in [-0.39, 0.29) is 17.9 Å². The number of carbonyl (C=O) groups is 1. The summed E-state index contributed by atoms with van der Waals surface area (Å²) in [6.07, 6.45) is 0. The van der Waals surface area contributed by atoms with Gasteiger partial charge in [0, 0.05) is 11.6 Å². The Balaban J connectivity index is 3.17. The van der Waals surface area contributed by atoms with Crippen LogP contribution in [0.15, 0.2) is 16.6 Å². The van der Waals surface area contributed by atoms with Crippen LogP contribution in [-0.4, -0.2) is 26.5 Å². The van der Waals surface area contributed by atoms with Gasteiger partial charge < -0.3 is 10.1 Å². The Morgan fingerprint density at radius 3 is 2.80 bits per heavy atom. The van der Waals surface area contributed by atoms with Crippen LogP contribution in [0, 0.1) is 5.82 Å². The van der Waals surface area contributed by atoms with Gasteiger partial charge in [0.15, 0.2) is 5.78 Å². The summed E-state index contributed by atoms with van der Waals surface area (Å²) in [5.74, 6) is -0.369. The molecule has 0 aromatic heterocycles. The maximum atomic E-state index is 13.1. The van der Waals surface area contributed by atoms with E-state index in [0.29, 0.717) is 10.2 Å². The normalized spacial score (nSPS) is 10.1. The first-order valence-corrected chi connectivity index (χ1v) is 5.10. The Morgan fingerprint density at radius 1 is 1.60 bits per heavy atom. The summed E-state index contributed by atoms with van der Waals surface area (Å²) in [5.41, 5.74) is 0.279. The first kappa shape index (κ1) is 12.1. The molecule has 0 heterocycles. The summed E-state index contributed by atoms with van der Waals surface area (Å²) >= 11 is 3.21. The molecule has 0 saturated heterocycles. The van der Waals surface area contributed by atoms with E-state index >= 15 is 0 Å². The Bertz CT molecular complexity index is 382. The monoisotopic (exact) mass is 275 g/mol. The first-order chi connectivity index (χ1) is 7.10. The molecular formula is C10H11BrFNO2. The van der Waals surface area contributed by atoms with Crippen LogP contribution in [0.5, 0.6) is 5.75 Å². The highest BCUT2D eigenvalue weighted by Gasteiger charge is 2.15. The van der Waals surface area contributed by atoms with Crippen molar-refractivity contribution in [2.24, 2.45) is 0 Å². The summed E-state index contributed by atoms with van der Waals surface area (Å²) in [5, 5.41) is 2.72. The van der Waals surface area contributed by atoms with Crippen molar-refractivity contribution in [3.8, 4) is 5.75 Å². The van der Waals surface area contributed by atoms with Crippen molar-refractivity contribution in [1.82, 2.24) is 5.32 Å². The second kappa shape index (κ2) is 5.23. The van der Waals surface area contributed by atoms with Gasteiger partial charge in [0.05, 0.1) is 18.1 Å². The molecule has 0 aliphatic rings. The topological polar surface area (TPSA) is 38.3 Å². The number of halogens is 2. The van der Waals surface area contributed by atoms with Crippen molar-refractivity contribution in [1.29, 1.82) is 0 Å². The summed E-state index contributed by atoms with van der Waals surface area (Å²) in [4.78, 5) is 11.6. The molecule has 0 amide bonds. The fourth-order valence-electron chi connectivity index (χ4n) is 1.17. The van der Waals surface area contributed by atoms with Crippen molar-refractivity contribution in [3.63, 3.8) is 0 Å². The number of benzene rings is 1. The number of ether oxygens (including phenoxy) is 1. The smallest absolute Gasteiger partial charge is 0.177 e. The number of nitrogens with one attached hydrogen (secondary N) is 1. The molecule has 0 bridgehead atoms. The molecule has 1 N–H and O–H groups in total. The minimum absolute atomic E-state index is 0.158. The van der Waals surface area contributed by atoms with Crippen molar-refractivity contribution in [3.05, 3.63) is 28.0 Å². The van der Waals surface area contributed by atoms with Crippen molar-refractivity contribution in [2.75, 3.05) is 20.7 Å². The van der Waals surface area contributed by atoms with E-state index in [1.165, 1.54) is 19.2 Å². The highest BCUT2D eigenvalue weighted by atomic mass is 79.9. The molecule has 15 heavy (non-hydrogen) atoms. The number of hydrogen-bond acceptors (Lipinski definition) is 3. The predicted octanol–water partition coefficient (Wildman–Crippen LogP) is 2.00. The zero-order valence-corrected chi connectivity index (χ0v) is 10.0. The third kappa shape index (κ3) is 2.76. The number of carbonyl (C=O) groups excluding carboxylic acids is 1. The van der Waals surface area contributed by atoms with Gasteiger partial charge in [-0.25, -0.2) is 4.39 Å². The van der Waals surface area contributed by atoms with Gasteiger partial charge in [-0.3, -0.25) is 4.79 Å². The van der Waals surface area contributed by atoms with E-state index in [2.05, 4.69) is 21.2 Å². The molecule has 0 saturated carbocycles. The number of rotatable bonds is 4. The minimum Gasteiger partial charge on any atom is -0.495 e. The van der Waals surface area contributed by atoms with Crippen molar-refractivity contribution >= 4 is 21.7 Å². The predicted molar refractivity (Wildman–Crippen MR) is 58.9 cm³/mol. The molecule has 0 spiro atoms. The average molecular weight is 276 g/mol. The van der Waals surface area contributed by atoms with Crippen LogP contribution in [0.25, 0.3) is 0 Å². The van der Waals surface area contributed by atoms with Gasteiger partial charge in [0.1, 0.15) is 11.6 Å². The molecule has 1 rings (SSSR count). The van der Waals surface area contributed by atoms with Crippen molar-refractivity contribution < 1.29 is 13.9 Å². The van der Waals surface area contributed by atoms with Crippen LogP contribution in [0.3, 0.4) is 0 Å². The average Bonchev–Trinajstić information content (AvgIpc) is 2.21. The molecule has 0 aliphatic heterocycles. The fraction of sp³-hybridized carbons (Fsp3) is 0.300. The molecule has 0 atom stereocenters. The second-order valence-electron chi connectivity index (χ2n) is 2.92. The maximum absolute atomic E-state index is 13.1. The first-order valence-electron chi connectivity index (χ1n) is 4.31. The highest BCUT2D eigenvalue weighted by molar-refractivity contribution is 9.10. The van der Waals surface area contributed by atoms with Gasteiger partial charge in [0.25, 0.3) is 0 Å². The quantitative estimate of drug-likeness (QED) is 0.855. The SMILES string of the molecule is CNCC(=O)c1cc(F)cc(OC)c1Br. The molecule has 0 unspecified atom stereocenters. The lowest BCUT2D eigenvalue weighted by molar-refractivity contribution is 0.0992. The lowest BCUT2D eigenvalue weighted by Gasteiger charge is -2.08. The maximum Gasteiger partial charge on any atom is 0.177 e. The number of methoxy groups -OCH3 is 1. The van der Waals surface area contributed by atoms with Crippen LogP contribution in [0.2, 0.25) is 0 Å². The van der Waals surface area contributed by atoms with E-state index in [1.807, 2.05) is 0 Å². The Labute approximate surface area is 95.7 Å². The van der Waals surface area contributed by atoms with Gasteiger partial charge in [0.2, 0.25) is 0 Å².